The minimum atomic E-state index is -0.393. The first kappa shape index (κ1) is 19.2. The van der Waals surface area contributed by atoms with Gasteiger partial charge in [-0.2, -0.15) is 0 Å². The lowest BCUT2D eigenvalue weighted by molar-refractivity contribution is -0.136. The molecule has 0 radical (unpaired) electrons. The van der Waals surface area contributed by atoms with E-state index in [9.17, 15) is 9.59 Å². The van der Waals surface area contributed by atoms with Crippen LogP contribution >= 0.6 is 0 Å². The van der Waals surface area contributed by atoms with Gasteiger partial charge in [0.1, 0.15) is 5.70 Å². The van der Waals surface area contributed by atoms with Crippen LogP contribution in [0.3, 0.4) is 0 Å². The second-order valence-corrected chi connectivity index (χ2v) is 6.32. The van der Waals surface area contributed by atoms with E-state index in [-0.39, 0.29) is 23.7 Å². The molecule has 0 saturated carbocycles. The SMILES string of the molecule is C=CCN1C(=O)C(Nc2ccc(C)cc2)=C(c2ccc(OC)c(OC)c2)C1=O. The number of aryl methyl sites for hydroxylation is 1. The molecule has 144 valence electrons. The third-order valence-electron chi connectivity index (χ3n) is 4.47. The molecule has 2 aromatic rings. The van der Waals surface area contributed by atoms with E-state index in [0.717, 1.165) is 16.2 Å². The lowest BCUT2D eigenvalue weighted by Crippen LogP contribution is -2.32. The smallest absolute Gasteiger partial charge is 0.278 e. The van der Waals surface area contributed by atoms with Crippen molar-refractivity contribution in [3.05, 3.63) is 71.9 Å². The van der Waals surface area contributed by atoms with Crippen molar-refractivity contribution in [3.63, 3.8) is 0 Å². The zero-order chi connectivity index (χ0) is 20.3. The molecular weight excluding hydrogens is 356 g/mol. The number of benzene rings is 2. The van der Waals surface area contributed by atoms with Crippen LogP contribution in [-0.2, 0) is 9.59 Å². The highest BCUT2D eigenvalue weighted by Gasteiger charge is 2.38. The van der Waals surface area contributed by atoms with E-state index in [1.165, 1.54) is 20.3 Å². The maximum absolute atomic E-state index is 13.0. The monoisotopic (exact) mass is 378 g/mol. The lowest BCUT2D eigenvalue weighted by atomic mass is 10.0. The van der Waals surface area contributed by atoms with Crippen molar-refractivity contribution in [2.24, 2.45) is 0 Å². The van der Waals surface area contributed by atoms with Crippen molar-refractivity contribution in [2.45, 2.75) is 6.92 Å². The second-order valence-electron chi connectivity index (χ2n) is 6.32. The second kappa shape index (κ2) is 8.00. The highest BCUT2D eigenvalue weighted by molar-refractivity contribution is 6.36. The van der Waals surface area contributed by atoms with Crippen LogP contribution in [0.4, 0.5) is 5.69 Å². The van der Waals surface area contributed by atoms with Gasteiger partial charge >= 0.3 is 0 Å². The molecule has 6 heteroatoms. The largest absolute Gasteiger partial charge is 0.493 e. The van der Waals surface area contributed by atoms with Crippen LogP contribution < -0.4 is 14.8 Å². The average Bonchev–Trinajstić information content (AvgIpc) is 2.93. The standard InChI is InChI=1S/C22H22N2O4/c1-5-12-24-21(25)19(15-8-11-17(27-3)18(13-15)28-4)20(22(24)26)23-16-9-6-14(2)7-10-16/h5-11,13,23H,1,12H2,2-4H3. The fourth-order valence-electron chi connectivity index (χ4n) is 3.03. The summed E-state index contributed by atoms with van der Waals surface area (Å²) in [7, 11) is 3.06. The topological polar surface area (TPSA) is 67.9 Å². The molecule has 0 atom stereocenters. The number of nitrogens with one attached hydrogen (secondary N) is 1. The average molecular weight is 378 g/mol. The van der Waals surface area contributed by atoms with Crippen molar-refractivity contribution in [1.82, 2.24) is 4.90 Å². The van der Waals surface area contributed by atoms with Gasteiger partial charge in [-0.25, -0.2) is 0 Å². The van der Waals surface area contributed by atoms with Gasteiger partial charge in [-0.1, -0.05) is 29.8 Å². The van der Waals surface area contributed by atoms with Crippen molar-refractivity contribution < 1.29 is 19.1 Å². The fraction of sp³-hybridized carbons (Fsp3) is 0.182. The molecular formula is C22H22N2O4. The summed E-state index contributed by atoms with van der Waals surface area (Å²) in [5, 5.41) is 3.11. The molecule has 0 bridgehead atoms. The summed E-state index contributed by atoms with van der Waals surface area (Å²) in [6, 6.07) is 12.7. The Morgan fingerprint density at radius 3 is 2.29 bits per heavy atom. The van der Waals surface area contributed by atoms with Gasteiger partial charge in [-0.05, 0) is 36.8 Å². The van der Waals surface area contributed by atoms with Gasteiger partial charge in [0.05, 0.1) is 19.8 Å². The maximum Gasteiger partial charge on any atom is 0.278 e. The fourth-order valence-corrected chi connectivity index (χ4v) is 3.03. The summed E-state index contributed by atoms with van der Waals surface area (Å²) < 4.78 is 10.6. The first-order chi connectivity index (χ1) is 13.5. The van der Waals surface area contributed by atoms with Crippen molar-refractivity contribution in [2.75, 3.05) is 26.1 Å². The molecule has 1 heterocycles. The quantitative estimate of drug-likeness (QED) is 0.591. The van der Waals surface area contributed by atoms with E-state index in [2.05, 4.69) is 11.9 Å². The van der Waals surface area contributed by atoms with Gasteiger partial charge in [0.2, 0.25) is 0 Å². The van der Waals surface area contributed by atoms with Crippen LogP contribution in [0.15, 0.2) is 60.8 Å². The molecule has 3 rings (SSSR count). The summed E-state index contributed by atoms with van der Waals surface area (Å²) >= 11 is 0. The summed E-state index contributed by atoms with van der Waals surface area (Å²) in [5.41, 5.74) is 2.90. The predicted octanol–water partition coefficient (Wildman–Crippen LogP) is 3.39. The van der Waals surface area contributed by atoms with Crippen molar-refractivity contribution in [1.29, 1.82) is 0 Å². The number of amides is 2. The van der Waals surface area contributed by atoms with E-state index >= 15 is 0 Å². The number of anilines is 1. The van der Waals surface area contributed by atoms with E-state index in [4.69, 9.17) is 9.47 Å². The Kier molecular flexibility index (Phi) is 5.49. The van der Waals surface area contributed by atoms with Crippen LogP contribution in [0.25, 0.3) is 5.57 Å². The van der Waals surface area contributed by atoms with Gasteiger partial charge in [-0.15, -0.1) is 6.58 Å². The predicted molar refractivity (Wildman–Crippen MR) is 108 cm³/mol. The zero-order valence-corrected chi connectivity index (χ0v) is 16.1. The van der Waals surface area contributed by atoms with Gasteiger partial charge in [0.15, 0.2) is 11.5 Å². The summed E-state index contributed by atoms with van der Waals surface area (Å²) in [4.78, 5) is 27.1. The highest BCUT2D eigenvalue weighted by atomic mass is 16.5. The number of nitrogens with zero attached hydrogens (tertiary/aromatic N) is 1. The molecule has 0 aliphatic carbocycles. The number of hydrogen-bond acceptors (Lipinski definition) is 5. The summed E-state index contributed by atoms with van der Waals surface area (Å²) in [6.45, 7) is 5.75. The summed E-state index contributed by atoms with van der Waals surface area (Å²) in [6.07, 6.45) is 1.52. The molecule has 6 nitrogen and oxygen atoms in total. The molecule has 1 aliphatic heterocycles. The first-order valence-corrected chi connectivity index (χ1v) is 8.77. The number of ether oxygens (including phenoxy) is 2. The Balaban J connectivity index is 2.11. The minimum Gasteiger partial charge on any atom is -0.493 e. The van der Waals surface area contributed by atoms with E-state index < -0.39 is 5.91 Å². The maximum atomic E-state index is 13.0. The van der Waals surface area contributed by atoms with Gasteiger partial charge in [0, 0.05) is 12.2 Å². The molecule has 0 spiro atoms. The molecule has 28 heavy (non-hydrogen) atoms. The van der Waals surface area contributed by atoms with Crippen LogP contribution in [0.2, 0.25) is 0 Å². The van der Waals surface area contributed by atoms with Gasteiger partial charge in [0.25, 0.3) is 11.8 Å². The molecule has 0 unspecified atom stereocenters. The van der Waals surface area contributed by atoms with Crippen LogP contribution in [-0.4, -0.2) is 37.5 Å². The van der Waals surface area contributed by atoms with Crippen LogP contribution in [0.1, 0.15) is 11.1 Å². The Labute approximate surface area is 164 Å². The van der Waals surface area contributed by atoms with E-state index in [0.29, 0.717) is 17.1 Å². The Morgan fingerprint density at radius 1 is 1.00 bits per heavy atom. The molecule has 0 fully saturated rings. The van der Waals surface area contributed by atoms with Crippen LogP contribution in [0, 0.1) is 6.92 Å². The molecule has 2 aromatic carbocycles. The lowest BCUT2D eigenvalue weighted by Gasteiger charge is -2.12. The molecule has 1 N–H and O–H groups in total. The Bertz CT molecular complexity index is 961. The van der Waals surface area contributed by atoms with Crippen LogP contribution in [0.5, 0.6) is 11.5 Å². The van der Waals surface area contributed by atoms with E-state index in [1.54, 1.807) is 18.2 Å². The number of rotatable bonds is 7. The molecule has 0 saturated heterocycles. The number of carbonyl (C=O) groups is 2. The minimum absolute atomic E-state index is 0.132. The van der Waals surface area contributed by atoms with Gasteiger partial charge < -0.3 is 14.8 Å². The number of hydrogen-bond donors (Lipinski definition) is 1. The van der Waals surface area contributed by atoms with Gasteiger partial charge in [-0.3, -0.25) is 14.5 Å². The first-order valence-electron chi connectivity index (χ1n) is 8.77. The number of carbonyl (C=O) groups excluding carboxylic acids is 2. The molecule has 2 amide bonds. The Hall–Kier alpha value is -3.54. The molecule has 1 aliphatic rings. The normalized spacial score (nSPS) is 13.8. The Morgan fingerprint density at radius 2 is 1.68 bits per heavy atom. The number of imide groups is 1. The number of methoxy groups -OCH3 is 2. The third kappa shape index (κ3) is 3.49. The van der Waals surface area contributed by atoms with Crippen molar-refractivity contribution in [3.8, 4) is 11.5 Å². The highest BCUT2D eigenvalue weighted by Crippen LogP contribution is 2.35. The van der Waals surface area contributed by atoms with Crippen molar-refractivity contribution >= 4 is 23.1 Å². The third-order valence-corrected chi connectivity index (χ3v) is 4.47. The zero-order valence-electron chi connectivity index (χ0n) is 16.1. The molecule has 0 aromatic heterocycles. The summed E-state index contributed by atoms with van der Waals surface area (Å²) in [5.74, 6) is 0.242. The van der Waals surface area contributed by atoms with E-state index in [1.807, 2.05) is 31.2 Å².